The second-order valence-corrected chi connectivity index (χ2v) is 3.12. The number of aryl methyl sites for hydroxylation is 1. The number of H-pyrrole nitrogens is 1. The van der Waals surface area contributed by atoms with Crippen LogP contribution >= 0.6 is 11.6 Å². The third-order valence-corrected chi connectivity index (χ3v) is 1.97. The number of halogens is 1. The fourth-order valence-corrected chi connectivity index (χ4v) is 1.19. The number of rotatable bonds is 4. The molecule has 0 aromatic carbocycles. The zero-order chi connectivity index (χ0) is 9.80. The number of nitrogens with zero attached hydrogens (tertiary/aromatic N) is 3. The molecule has 2 heterocycles. The third kappa shape index (κ3) is 1.93. The van der Waals surface area contributed by atoms with Crippen molar-refractivity contribution in [3.05, 3.63) is 18.3 Å². The summed E-state index contributed by atoms with van der Waals surface area (Å²) in [5, 5.41) is 3.79. The lowest BCUT2D eigenvalue weighted by Crippen LogP contribution is -1.87. The van der Waals surface area contributed by atoms with Gasteiger partial charge in [0.2, 0.25) is 11.7 Å². The smallest absolute Gasteiger partial charge is 0.238 e. The predicted molar refractivity (Wildman–Crippen MR) is 50.9 cm³/mol. The first-order valence-corrected chi connectivity index (χ1v) is 4.82. The normalized spacial score (nSPS) is 10.6. The van der Waals surface area contributed by atoms with Crippen LogP contribution in [0.4, 0.5) is 0 Å². The van der Waals surface area contributed by atoms with Crippen LogP contribution in [0.1, 0.15) is 12.3 Å². The summed E-state index contributed by atoms with van der Waals surface area (Å²) >= 11 is 5.55. The van der Waals surface area contributed by atoms with E-state index in [2.05, 4.69) is 20.1 Å². The first-order chi connectivity index (χ1) is 6.90. The molecule has 5 nitrogen and oxygen atoms in total. The molecule has 0 saturated heterocycles. The minimum atomic E-state index is 0.486. The molecule has 0 fully saturated rings. The number of hydrogen-bond donors (Lipinski definition) is 1. The van der Waals surface area contributed by atoms with Gasteiger partial charge in [-0.1, -0.05) is 5.16 Å². The quantitative estimate of drug-likeness (QED) is 0.783. The maximum absolute atomic E-state index is 5.55. The molecule has 0 radical (unpaired) electrons. The standard InChI is InChI=1S/C8H9ClN4O/c9-3-1-2-6-12-8(13-14-6)7-10-4-5-11-7/h4-5H,1-3H2,(H,10,11). The molecule has 74 valence electrons. The highest BCUT2D eigenvalue weighted by atomic mass is 35.5. The van der Waals surface area contributed by atoms with Gasteiger partial charge in [-0.05, 0) is 6.42 Å². The molecule has 0 bridgehead atoms. The van der Waals surface area contributed by atoms with E-state index in [-0.39, 0.29) is 0 Å². The van der Waals surface area contributed by atoms with Gasteiger partial charge in [-0.15, -0.1) is 11.6 Å². The Kier molecular flexibility index (Phi) is 2.78. The molecule has 1 N–H and O–H groups in total. The van der Waals surface area contributed by atoms with Crippen molar-refractivity contribution in [1.82, 2.24) is 20.1 Å². The summed E-state index contributed by atoms with van der Waals surface area (Å²) in [6, 6.07) is 0. The van der Waals surface area contributed by atoms with Gasteiger partial charge >= 0.3 is 0 Å². The van der Waals surface area contributed by atoms with Gasteiger partial charge in [0.1, 0.15) is 0 Å². The van der Waals surface area contributed by atoms with Crippen LogP contribution in [0.5, 0.6) is 0 Å². The molecular formula is C8H9ClN4O. The SMILES string of the molecule is ClCCCc1nc(-c2ncc[nH]2)no1. The Morgan fingerprint density at radius 2 is 2.43 bits per heavy atom. The number of alkyl halides is 1. The number of aromatic amines is 1. The largest absolute Gasteiger partial charge is 0.342 e. The monoisotopic (exact) mass is 212 g/mol. The van der Waals surface area contributed by atoms with Crippen LogP contribution in [0.25, 0.3) is 11.6 Å². The molecule has 0 spiro atoms. The Hall–Kier alpha value is -1.36. The lowest BCUT2D eigenvalue weighted by molar-refractivity contribution is 0.378. The van der Waals surface area contributed by atoms with Crippen LogP contribution in [0.3, 0.4) is 0 Å². The average molecular weight is 213 g/mol. The van der Waals surface area contributed by atoms with Gasteiger partial charge in [-0.3, -0.25) is 0 Å². The van der Waals surface area contributed by atoms with E-state index in [4.69, 9.17) is 16.1 Å². The minimum Gasteiger partial charge on any atom is -0.342 e. The molecule has 2 aromatic rings. The Balaban J connectivity index is 2.10. The molecule has 0 saturated carbocycles. The van der Waals surface area contributed by atoms with Crippen molar-refractivity contribution < 1.29 is 4.52 Å². The van der Waals surface area contributed by atoms with Crippen LogP contribution in [0, 0.1) is 0 Å². The first-order valence-electron chi connectivity index (χ1n) is 4.28. The highest BCUT2D eigenvalue weighted by Crippen LogP contribution is 2.10. The van der Waals surface area contributed by atoms with Crippen LogP contribution in [-0.4, -0.2) is 26.0 Å². The van der Waals surface area contributed by atoms with Gasteiger partial charge in [0.25, 0.3) is 0 Å². The Morgan fingerprint density at radius 1 is 1.50 bits per heavy atom. The van der Waals surface area contributed by atoms with Crippen LogP contribution in [0.2, 0.25) is 0 Å². The topological polar surface area (TPSA) is 67.6 Å². The van der Waals surface area contributed by atoms with E-state index in [1.54, 1.807) is 12.4 Å². The third-order valence-electron chi connectivity index (χ3n) is 1.70. The summed E-state index contributed by atoms with van der Waals surface area (Å²) < 4.78 is 5.01. The molecule has 0 amide bonds. The zero-order valence-electron chi connectivity index (χ0n) is 7.40. The summed E-state index contributed by atoms with van der Waals surface area (Å²) in [7, 11) is 0. The van der Waals surface area contributed by atoms with E-state index < -0.39 is 0 Å². The molecule has 0 unspecified atom stereocenters. The molecular weight excluding hydrogens is 204 g/mol. The highest BCUT2D eigenvalue weighted by Gasteiger charge is 2.09. The first kappa shape index (κ1) is 9.21. The number of nitrogens with one attached hydrogen (secondary N) is 1. The summed E-state index contributed by atoms with van der Waals surface area (Å²) in [4.78, 5) is 11.1. The summed E-state index contributed by atoms with van der Waals surface area (Å²) in [5.41, 5.74) is 0. The fraction of sp³-hybridized carbons (Fsp3) is 0.375. The van der Waals surface area contributed by atoms with Gasteiger partial charge in [0, 0.05) is 24.7 Å². The van der Waals surface area contributed by atoms with Gasteiger partial charge in [0.05, 0.1) is 0 Å². The van der Waals surface area contributed by atoms with Gasteiger partial charge in [-0.25, -0.2) is 4.98 Å². The lowest BCUT2D eigenvalue weighted by Gasteiger charge is -1.86. The number of aromatic nitrogens is 4. The molecule has 0 aliphatic carbocycles. The maximum Gasteiger partial charge on any atom is 0.238 e. The predicted octanol–water partition coefficient (Wildman–Crippen LogP) is 1.63. The molecule has 14 heavy (non-hydrogen) atoms. The Morgan fingerprint density at radius 3 is 3.14 bits per heavy atom. The molecule has 0 aliphatic rings. The molecule has 0 atom stereocenters. The highest BCUT2D eigenvalue weighted by molar-refractivity contribution is 6.17. The van der Waals surface area contributed by atoms with Crippen molar-refractivity contribution in [2.75, 3.05) is 5.88 Å². The van der Waals surface area contributed by atoms with E-state index >= 15 is 0 Å². The van der Waals surface area contributed by atoms with Crippen molar-refractivity contribution >= 4 is 11.6 Å². The van der Waals surface area contributed by atoms with Gasteiger partial charge < -0.3 is 9.51 Å². The average Bonchev–Trinajstić information content (AvgIpc) is 2.85. The summed E-state index contributed by atoms with van der Waals surface area (Å²) in [6.45, 7) is 0. The lowest BCUT2D eigenvalue weighted by atomic mass is 10.3. The molecule has 2 rings (SSSR count). The van der Waals surface area contributed by atoms with Crippen molar-refractivity contribution in [3.63, 3.8) is 0 Å². The number of hydrogen-bond acceptors (Lipinski definition) is 4. The molecule has 2 aromatic heterocycles. The number of imidazole rings is 1. The van der Waals surface area contributed by atoms with E-state index in [0.717, 1.165) is 6.42 Å². The second kappa shape index (κ2) is 4.23. The summed E-state index contributed by atoms with van der Waals surface area (Å²) in [5.74, 6) is 2.29. The van der Waals surface area contributed by atoms with Crippen LogP contribution in [-0.2, 0) is 6.42 Å². The van der Waals surface area contributed by atoms with E-state index in [1.807, 2.05) is 0 Å². The molecule has 0 aliphatic heterocycles. The maximum atomic E-state index is 5.55. The summed E-state index contributed by atoms with van der Waals surface area (Å²) in [6.07, 6.45) is 4.90. The van der Waals surface area contributed by atoms with Crippen molar-refractivity contribution in [2.24, 2.45) is 0 Å². The second-order valence-electron chi connectivity index (χ2n) is 2.74. The van der Waals surface area contributed by atoms with Crippen molar-refractivity contribution in [3.8, 4) is 11.6 Å². The van der Waals surface area contributed by atoms with Gasteiger partial charge in [-0.2, -0.15) is 4.98 Å². The fourth-order valence-electron chi connectivity index (χ4n) is 1.06. The molecule has 6 heteroatoms. The van der Waals surface area contributed by atoms with E-state index in [9.17, 15) is 0 Å². The Labute approximate surface area is 85.5 Å². The van der Waals surface area contributed by atoms with Crippen LogP contribution < -0.4 is 0 Å². The minimum absolute atomic E-state index is 0.486. The van der Waals surface area contributed by atoms with Crippen LogP contribution in [0.15, 0.2) is 16.9 Å². The van der Waals surface area contributed by atoms with E-state index in [0.29, 0.717) is 29.8 Å². The Bertz CT molecular complexity index is 384. The van der Waals surface area contributed by atoms with Gasteiger partial charge in [0.15, 0.2) is 5.82 Å². The van der Waals surface area contributed by atoms with E-state index in [1.165, 1.54) is 0 Å². The zero-order valence-corrected chi connectivity index (χ0v) is 8.16. The van der Waals surface area contributed by atoms with Crippen molar-refractivity contribution in [2.45, 2.75) is 12.8 Å². The van der Waals surface area contributed by atoms with Crippen molar-refractivity contribution in [1.29, 1.82) is 0 Å².